The van der Waals surface area contributed by atoms with Crippen molar-refractivity contribution in [3.05, 3.63) is 0 Å². The van der Waals surface area contributed by atoms with Gasteiger partial charge in [0.1, 0.15) is 6.10 Å². The zero-order valence-electron chi connectivity index (χ0n) is 15.2. The largest absolute Gasteiger partial charge is 0.462 e. The molecule has 0 amide bonds. The zero-order valence-corrected chi connectivity index (χ0v) is 16.0. The van der Waals surface area contributed by atoms with Crippen LogP contribution in [-0.4, -0.2) is 50.4 Å². The number of ether oxygens (including phenoxy) is 1. The van der Waals surface area contributed by atoms with Gasteiger partial charge in [-0.2, -0.15) is 4.21 Å². The van der Waals surface area contributed by atoms with Gasteiger partial charge in [-0.1, -0.05) is 6.92 Å². The first-order chi connectivity index (χ1) is 11.5. The lowest BCUT2D eigenvalue weighted by molar-refractivity contribution is -0.245. The van der Waals surface area contributed by atoms with Gasteiger partial charge in [-0.05, 0) is 39.5 Å². The topological polar surface area (TPSA) is 102 Å². The molecule has 0 aromatic heterocycles. The molecule has 144 valence electrons. The molecular weight excluding hydrogens is 348 g/mol. The van der Waals surface area contributed by atoms with E-state index in [2.05, 4.69) is 6.92 Å². The molecule has 2 saturated carbocycles. The van der Waals surface area contributed by atoms with Gasteiger partial charge in [0.05, 0.1) is 23.9 Å². The van der Waals surface area contributed by atoms with Crippen LogP contribution in [0.1, 0.15) is 53.4 Å². The summed E-state index contributed by atoms with van der Waals surface area (Å²) in [6.45, 7) is 6.55. The maximum absolute atomic E-state index is 12.2. The Kier molecular flexibility index (Phi) is 4.82. The van der Waals surface area contributed by atoms with E-state index < -0.39 is 40.7 Å². The Labute approximate surface area is 150 Å². The molecule has 7 nitrogen and oxygen atoms in total. The maximum Gasteiger partial charge on any atom is 0.305 e. The number of hydrogen-bond donors (Lipinski definition) is 2. The van der Waals surface area contributed by atoms with Crippen LogP contribution < -0.4 is 0 Å². The van der Waals surface area contributed by atoms with Crippen molar-refractivity contribution in [3.63, 3.8) is 0 Å². The Morgan fingerprint density at radius 2 is 2.04 bits per heavy atom. The second kappa shape index (κ2) is 6.27. The molecule has 8 heteroatoms. The van der Waals surface area contributed by atoms with Crippen LogP contribution in [0, 0.1) is 17.3 Å². The zero-order chi connectivity index (χ0) is 18.6. The third-order valence-electron chi connectivity index (χ3n) is 6.60. The van der Waals surface area contributed by atoms with Gasteiger partial charge in [0.2, 0.25) is 0 Å². The van der Waals surface area contributed by atoms with E-state index >= 15 is 0 Å². The standard InChI is InChI=1S/C17H28O7S/c1-10(19)22-12-6-8-17(4)14-13(23-25(21)24-17)11(16(3,20)9-18)5-7-15(12,14)2/h11-14,18,20H,5-9H2,1-4H3/t11-,12-,13+,14-,15+,16+,17-,25?/m1/s1. The Hall–Kier alpha value is -0.540. The van der Waals surface area contributed by atoms with E-state index in [4.69, 9.17) is 13.1 Å². The van der Waals surface area contributed by atoms with Crippen LogP contribution in [0.2, 0.25) is 0 Å². The summed E-state index contributed by atoms with van der Waals surface area (Å²) in [5.41, 5.74) is -2.44. The average Bonchev–Trinajstić information content (AvgIpc) is 2.49. The molecule has 3 aliphatic rings. The molecule has 3 rings (SSSR count). The second-order valence-electron chi connectivity index (χ2n) is 8.44. The van der Waals surface area contributed by atoms with Gasteiger partial charge in [0.15, 0.2) is 0 Å². The van der Waals surface area contributed by atoms with Gasteiger partial charge < -0.3 is 14.9 Å². The van der Waals surface area contributed by atoms with Crippen LogP contribution in [0.5, 0.6) is 0 Å². The van der Waals surface area contributed by atoms with Gasteiger partial charge in [-0.3, -0.25) is 13.2 Å². The van der Waals surface area contributed by atoms with E-state index in [1.807, 2.05) is 6.92 Å². The minimum atomic E-state index is -1.91. The monoisotopic (exact) mass is 376 g/mol. The molecule has 0 aromatic rings. The smallest absolute Gasteiger partial charge is 0.305 e. The first-order valence-corrected chi connectivity index (χ1v) is 9.82. The Balaban J connectivity index is 2.03. The van der Waals surface area contributed by atoms with Crippen molar-refractivity contribution in [1.82, 2.24) is 0 Å². The van der Waals surface area contributed by atoms with Crippen LogP contribution in [-0.2, 0) is 29.3 Å². The third kappa shape index (κ3) is 3.06. The van der Waals surface area contributed by atoms with Crippen molar-refractivity contribution in [2.75, 3.05) is 6.61 Å². The molecule has 25 heavy (non-hydrogen) atoms. The normalized spacial score (nSPS) is 49.0. The van der Waals surface area contributed by atoms with E-state index in [1.54, 1.807) is 6.92 Å². The van der Waals surface area contributed by atoms with Crippen molar-refractivity contribution in [3.8, 4) is 0 Å². The number of aliphatic hydroxyl groups excluding tert-OH is 1. The van der Waals surface area contributed by atoms with Crippen molar-refractivity contribution in [1.29, 1.82) is 0 Å². The van der Waals surface area contributed by atoms with Gasteiger partial charge in [0.25, 0.3) is 0 Å². The number of rotatable bonds is 3. The molecule has 2 aliphatic carbocycles. The van der Waals surface area contributed by atoms with E-state index in [0.717, 1.165) is 0 Å². The Morgan fingerprint density at radius 1 is 1.36 bits per heavy atom. The first kappa shape index (κ1) is 19.2. The summed E-state index contributed by atoms with van der Waals surface area (Å²) < 4.78 is 29.1. The summed E-state index contributed by atoms with van der Waals surface area (Å²) in [5.74, 6) is -0.900. The van der Waals surface area contributed by atoms with Crippen molar-refractivity contribution >= 4 is 17.3 Å². The lowest BCUT2D eigenvalue weighted by Gasteiger charge is -2.62. The number of carbonyl (C=O) groups is 1. The highest BCUT2D eigenvalue weighted by atomic mass is 32.2. The molecule has 1 unspecified atom stereocenters. The SMILES string of the molecule is CC(=O)O[C@@H]1CC[C@@]2(C)OS(=O)O[C@H]3[C@H]([C@@](C)(O)CO)CC[C@]1(C)[C@@H]32. The highest BCUT2D eigenvalue weighted by Crippen LogP contribution is 2.61. The number of aliphatic hydroxyl groups is 2. The Bertz CT molecular complexity index is 579. The molecule has 1 heterocycles. The van der Waals surface area contributed by atoms with E-state index in [9.17, 15) is 19.2 Å². The number of carbonyl (C=O) groups excluding carboxylic acids is 1. The molecular formula is C17H28O7S. The first-order valence-electron chi connectivity index (χ1n) is 8.82. The molecule has 0 radical (unpaired) electrons. The fourth-order valence-electron chi connectivity index (χ4n) is 5.36. The number of hydrogen-bond acceptors (Lipinski definition) is 7. The van der Waals surface area contributed by atoms with Crippen molar-refractivity contribution < 1.29 is 32.3 Å². The fraction of sp³-hybridized carbons (Fsp3) is 0.941. The van der Waals surface area contributed by atoms with Crippen LogP contribution in [0.15, 0.2) is 0 Å². The van der Waals surface area contributed by atoms with Crippen LogP contribution in [0.4, 0.5) is 0 Å². The molecule has 0 spiro atoms. The molecule has 2 N–H and O–H groups in total. The molecule has 0 aromatic carbocycles. The molecule has 8 atom stereocenters. The van der Waals surface area contributed by atoms with Gasteiger partial charge in [-0.15, -0.1) is 0 Å². The summed E-state index contributed by atoms with van der Waals surface area (Å²) in [4.78, 5) is 11.6. The van der Waals surface area contributed by atoms with E-state index in [1.165, 1.54) is 6.92 Å². The summed E-state index contributed by atoms with van der Waals surface area (Å²) >= 11 is -1.91. The molecule has 0 bridgehead atoms. The highest BCUT2D eigenvalue weighted by molar-refractivity contribution is 7.75. The third-order valence-corrected chi connectivity index (χ3v) is 7.50. The van der Waals surface area contributed by atoms with Gasteiger partial charge in [-0.25, -0.2) is 0 Å². The highest BCUT2D eigenvalue weighted by Gasteiger charge is 2.66. The summed E-state index contributed by atoms with van der Waals surface area (Å²) in [7, 11) is 0. The summed E-state index contributed by atoms with van der Waals surface area (Å²) in [6.07, 6.45) is 1.68. The Morgan fingerprint density at radius 3 is 2.64 bits per heavy atom. The lowest BCUT2D eigenvalue weighted by atomic mass is 9.50. The fourth-order valence-corrected chi connectivity index (χ4v) is 6.32. The minimum absolute atomic E-state index is 0.201. The maximum atomic E-state index is 12.2. The lowest BCUT2D eigenvalue weighted by Crippen LogP contribution is -2.69. The molecule has 1 aliphatic heterocycles. The predicted octanol–water partition coefficient (Wildman–Crippen LogP) is 1.24. The van der Waals surface area contributed by atoms with E-state index in [0.29, 0.717) is 25.7 Å². The molecule has 3 fully saturated rings. The van der Waals surface area contributed by atoms with Crippen molar-refractivity contribution in [2.24, 2.45) is 17.3 Å². The van der Waals surface area contributed by atoms with Crippen LogP contribution in [0.3, 0.4) is 0 Å². The predicted molar refractivity (Wildman–Crippen MR) is 89.3 cm³/mol. The summed E-state index contributed by atoms with van der Waals surface area (Å²) in [6, 6.07) is 0. The number of esters is 1. The second-order valence-corrected chi connectivity index (χ2v) is 9.21. The van der Waals surface area contributed by atoms with Gasteiger partial charge in [0, 0.05) is 24.2 Å². The van der Waals surface area contributed by atoms with E-state index in [-0.39, 0.29) is 23.9 Å². The van der Waals surface area contributed by atoms with Gasteiger partial charge >= 0.3 is 17.3 Å². The van der Waals surface area contributed by atoms with Crippen molar-refractivity contribution in [2.45, 2.75) is 76.8 Å². The minimum Gasteiger partial charge on any atom is -0.462 e. The van der Waals surface area contributed by atoms with Crippen LogP contribution >= 0.6 is 0 Å². The van der Waals surface area contributed by atoms with Crippen LogP contribution in [0.25, 0.3) is 0 Å². The quantitative estimate of drug-likeness (QED) is 0.715. The average molecular weight is 376 g/mol. The molecule has 1 saturated heterocycles. The summed E-state index contributed by atoms with van der Waals surface area (Å²) in [5, 5.41) is 20.3.